The van der Waals surface area contributed by atoms with Crippen LogP contribution in [0.1, 0.15) is 12.0 Å². The SMILES string of the molecule is O=C(O)CCN1C(=O)/C(=C\c2ccccc2[N+](=O)[O-])SC1=S. The van der Waals surface area contributed by atoms with Gasteiger partial charge in [0.25, 0.3) is 11.6 Å². The van der Waals surface area contributed by atoms with Crippen LogP contribution in [0.3, 0.4) is 0 Å². The fraction of sp³-hybridized carbons (Fsp3) is 0.154. The first-order valence-corrected chi connectivity index (χ1v) is 7.33. The van der Waals surface area contributed by atoms with E-state index in [9.17, 15) is 19.7 Å². The molecule has 1 N–H and O–H groups in total. The molecule has 9 heteroatoms. The summed E-state index contributed by atoms with van der Waals surface area (Å²) in [4.78, 5) is 34.6. The fourth-order valence-electron chi connectivity index (χ4n) is 1.82. The molecule has 0 bridgehead atoms. The number of nitro groups is 1. The lowest BCUT2D eigenvalue weighted by atomic mass is 10.1. The predicted molar refractivity (Wildman–Crippen MR) is 85.2 cm³/mol. The van der Waals surface area contributed by atoms with E-state index in [1.165, 1.54) is 29.2 Å². The maximum atomic E-state index is 12.2. The molecule has 1 fully saturated rings. The number of thioether (sulfide) groups is 1. The van der Waals surface area contributed by atoms with E-state index >= 15 is 0 Å². The second-order valence-corrected chi connectivity index (χ2v) is 5.97. The van der Waals surface area contributed by atoms with Gasteiger partial charge in [-0.3, -0.25) is 24.6 Å². The van der Waals surface area contributed by atoms with Crippen molar-refractivity contribution >= 4 is 51.9 Å². The number of hydrogen-bond donors (Lipinski definition) is 1. The highest BCUT2D eigenvalue weighted by molar-refractivity contribution is 8.26. The summed E-state index contributed by atoms with van der Waals surface area (Å²) in [6.07, 6.45) is 1.18. The van der Waals surface area contributed by atoms with Gasteiger partial charge in [-0.05, 0) is 12.1 Å². The van der Waals surface area contributed by atoms with E-state index in [1.54, 1.807) is 6.07 Å². The van der Waals surface area contributed by atoms with Crippen molar-refractivity contribution in [3.63, 3.8) is 0 Å². The molecule has 2 rings (SSSR count). The minimum absolute atomic E-state index is 0.0196. The van der Waals surface area contributed by atoms with Crippen LogP contribution in [0.4, 0.5) is 5.69 Å². The van der Waals surface area contributed by atoms with E-state index in [0.29, 0.717) is 5.56 Å². The minimum atomic E-state index is -1.03. The van der Waals surface area contributed by atoms with Crippen molar-refractivity contribution < 1.29 is 19.6 Å². The maximum absolute atomic E-state index is 12.2. The van der Waals surface area contributed by atoms with Crippen molar-refractivity contribution in [3.05, 3.63) is 44.8 Å². The highest BCUT2D eigenvalue weighted by Gasteiger charge is 2.32. The maximum Gasteiger partial charge on any atom is 0.305 e. The molecule has 1 heterocycles. The summed E-state index contributed by atoms with van der Waals surface area (Å²) in [6.45, 7) is -0.0196. The molecule has 0 radical (unpaired) electrons. The Hall–Kier alpha value is -2.26. The Labute approximate surface area is 134 Å². The molecule has 0 aliphatic carbocycles. The van der Waals surface area contributed by atoms with Crippen molar-refractivity contribution in [1.29, 1.82) is 0 Å². The molecule has 0 atom stereocenters. The first-order chi connectivity index (χ1) is 10.4. The number of aliphatic carboxylic acids is 1. The van der Waals surface area contributed by atoms with Gasteiger partial charge >= 0.3 is 5.97 Å². The van der Waals surface area contributed by atoms with Crippen LogP contribution >= 0.6 is 24.0 Å². The lowest BCUT2D eigenvalue weighted by Gasteiger charge is -2.12. The Balaban J connectivity index is 2.27. The standard InChI is InChI=1S/C13H10N2O5S2/c16-11(17)5-6-14-12(18)10(22-13(14)21)7-8-3-1-2-4-9(8)15(19)20/h1-4,7H,5-6H2,(H,16,17)/b10-7+. The molecule has 1 aromatic carbocycles. The third-order valence-electron chi connectivity index (χ3n) is 2.84. The molecule has 0 aromatic heterocycles. The number of rotatable bonds is 5. The second-order valence-electron chi connectivity index (χ2n) is 4.29. The topological polar surface area (TPSA) is 101 Å². The van der Waals surface area contributed by atoms with Crippen LogP contribution in [0, 0.1) is 10.1 Å². The Bertz CT molecular complexity index is 701. The number of carboxylic acid groups (broad SMARTS) is 1. The zero-order valence-corrected chi connectivity index (χ0v) is 12.7. The highest BCUT2D eigenvalue weighted by Crippen LogP contribution is 2.34. The third-order valence-corrected chi connectivity index (χ3v) is 4.22. The number of nitro benzene ring substituents is 1. The minimum Gasteiger partial charge on any atom is -0.481 e. The van der Waals surface area contributed by atoms with Crippen molar-refractivity contribution in [2.45, 2.75) is 6.42 Å². The van der Waals surface area contributed by atoms with Crippen molar-refractivity contribution in [1.82, 2.24) is 4.90 Å². The Morgan fingerprint density at radius 2 is 2.14 bits per heavy atom. The van der Waals surface area contributed by atoms with Gasteiger partial charge in [0.1, 0.15) is 4.32 Å². The number of nitrogens with zero attached hydrogens (tertiary/aromatic N) is 2. The second kappa shape index (κ2) is 6.67. The van der Waals surface area contributed by atoms with Crippen molar-refractivity contribution in [3.8, 4) is 0 Å². The number of amides is 1. The van der Waals surface area contributed by atoms with Crippen LogP contribution in [0.15, 0.2) is 29.2 Å². The fourth-order valence-corrected chi connectivity index (χ4v) is 3.12. The van der Waals surface area contributed by atoms with Crippen LogP contribution in [0.5, 0.6) is 0 Å². The molecule has 1 aliphatic rings. The first-order valence-electron chi connectivity index (χ1n) is 6.10. The molecule has 114 valence electrons. The monoisotopic (exact) mass is 338 g/mol. The van der Waals surface area contributed by atoms with Gasteiger partial charge in [-0.2, -0.15) is 0 Å². The van der Waals surface area contributed by atoms with Crippen LogP contribution in [-0.4, -0.2) is 37.7 Å². The van der Waals surface area contributed by atoms with Gasteiger partial charge in [-0.15, -0.1) is 0 Å². The lowest BCUT2D eigenvalue weighted by molar-refractivity contribution is -0.385. The number of carbonyl (C=O) groups is 2. The molecule has 22 heavy (non-hydrogen) atoms. The number of carboxylic acids is 1. The molecule has 1 aromatic rings. The van der Waals surface area contributed by atoms with Crippen LogP contribution in [0.25, 0.3) is 6.08 Å². The van der Waals surface area contributed by atoms with Crippen molar-refractivity contribution in [2.75, 3.05) is 6.54 Å². The summed E-state index contributed by atoms with van der Waals surface area (Å²) >= 11 is 6.05. The Morgan fingerprint density at radius 1 is 1.45 bits per heavy atom. The quantitative estimate of drug-likeness (QED) is 0.380. The first kappa shape index (κ1) is 16.1. The average molecular weight is 338 g/mol. The number of carbonyl (C=O) groups excluding carboxylic acids is 1. The van der Waals surface area contributed by atoms with E-state index in [2.05, 4.69) is 0 Å². The van der Waals surface area contributed by atoms with Gasteiger partial charge in [0.05, 0.1) is 21.8 Å². The van der Waals surface area contributed by atoms with Gasteiger partial charge in [0, 0.05) is 12.6 Å². The van der Waals surface area contributed by atoms with Crippen molar-refractivity contribution in [2.24, 2.45) is 0 Å². The zero-order chi connectivity index (χ0) is 16.3. The summed E-state index contributed by atoms with van der Waals surface area (Å²) in [5.74, 6) is -1.47. The van der Waals surface area contributed by atoms with Gasteiger partial charge in [0.15, 0.2) is 0 Å². The third kappa shape index (κ3) is 3.49. The van der Waals surface area contributed by atoms with Gasteiger partial charge in [0.2, 0.25) is 0 Å². The van der Waals surface area contributed by atoms with E-state index in [-0.39, 0.29) is 27.9 Å². The van der Waals surface area contributed by atoms with Crippen LogP contribution in [-0.2, 0) is 9.59 Å². The van der Waals surface area contributed by atoms with Gasteiger partial charge in [-0.25, -0.2) is 0 Å². The molecular weight excluding hydrogens is 328 g/mol. The van der Waals surface area contributed by atoms with E-state index < -0.39 is 16.8 Å². The highest BCUT2D eigenvalue weighted by atomic mass is 32.2. The molecular formula is C13H10N2O5S2. The average Bonchev–Trinajstić information content (AvgIpc) is 2.71. The molecule has 0 unspecified atom stereocenters. The predicted octanol–water partition coefficient (Wildman–Crippen LogP) is 2.27. The molecule has 1 amide bonds. The summed E-state index contributed by atoms with van der Waals surface area (Å²) in [6, 6.07) is 6.04. The van der Waals surface area contributed by atoms with Crippen LogP contribution < -0.4 is 0 Å². The molecule has 0 saturated carbocycles. The lowest BCUT2D eigenvalue weighted by Crippen LogP contribution is -2.30. The number of benzene rings is 1. The van der Waals surface area contributed by atoms with Gasteiger partial charge < -0.3 is 5.11 Å². The molecule has 1 saturated heterocycles. The van der Waals surface area contributed by atoms with E-state index in [4.69, 9.17) is 17.3 Å². The summed E-state index contributed by atoms with van der Waals surface area (Å²) in [5.41, 5.74) is 0.185. The smallest absolute Gasteiger partial charge is 0.305 e. The van der Waals surface area contributed by atoms with E-state index in [1.807, 2.05) is 0 Å². The Kier molecular flexibility index (Phi) is 4.88. The largest absolute Gasteiger partial charge is 0.481 e. The van der Waals surface area contributed by atoms with Crippen LogP contribution in [0.2, 0.25) is 0 Å². The normalized spacial score (nSPS) is 16.4. The van der Waals surface area contributed by atoms with Gasteiger partial charge in [-0.1, -0.05) is 36.1 Å². The summed E-state index contributed by atoms with van der Waals surface area (Å²) < 4.78 is 0.246. The molecule has 1 aliphatic heterocycles. The molecule has 0 spiro atoms. The number of thiocarbonyl (C=S) groups is 1. The van der Waals surface area contributed by atoms with E-state index in [0.717, 1.165) is 11.8 Å². The summed E-state index contributed by atoms with van der Waals surface area (Å²) in [7, 11) is 0. The zero-order valence-electron chi connectivity index (χ0n) is 11.1. The number of para-hydroxylation sites is 1. The number of hydrogen-bond acceptors (Lipinski definition) is 6. The molecule has 7 nitrogen and oxygen atoms in total. The Morgan fingerprint density at radius 3 is 2.77 bits per heavy atom. The summed E-state index contributed by atoms with van der Waals surface area (Å²) in [5, 5.41) is 19.6.